The molecule has 0 aliphatic heterocycles. The SMILES string of the molecule is CC(C)(C#N)NS(=O)(=O)CCS(C)(=O)=O. The molecule has 0 saturated carbocycles. The first kappa shape index (κ1) is 14.3. The van der Waals surface area contributed by atoms with Crippen molar-refractivity contribution >= 4 is 19.9 Å². The van der Waals surface area contributed by atoms with Gasteiger partial charge in [-0.15, -0.1) is 0 Å². The lowest BCUT2D eigenvalue weighted by Crippen LogP contribution is -2.44. The van der Waals surface area contributed by atoms with Gasteiger partial charge in [0.05, 0.1) is 17.6 Å². The number of nitriles is 1. The first-order valence-electron chi connectivity index (χ1n) is 4.08. The lowest BCUT2D eigenvalue weighted by molar-refractivity contribution is 0.536. The highest BCUT2D eigenvalue weighted by Gasteiger charge is 2.25. The van der Waals surface area contributed by atoms with E-state index >= 15 is 0 Å². The first-order valence-corrected chi connectivity index (χ1v) is 7.79. The second-order valence-corrected chi connectivity index (χ2v) is 7.89. The highest BCUT2D eigenvalue weighted by Crippen LogP contribution is 2.02. The molecule has 0 saturated heterocycles. The Morgan fingerprint density at radius 3 is 2.00 bits per heavy atom. The van der Waals surface area contributed by atoms with Crippen LogP contribution < -0.4 is 4.72 Å². The van der Waals surface area contributed by atoms with Gasteiger partial charge in [-0.2, -0.15) is 9.98 Å². The third kappa shape index (κ3) is 7.30. The zero-order valence-electron chi connectivity index (χ0n) is 8.81. The predicted octanol–water partition coefficient (Wildman–Crippen LogP) is -0.747. The molecule has 0 rings (SSSR count). The topological polar surface area (TPSA) is 104 Å². The summed E-state index contributed by atoms with van der Waals surface area (Å²) in [5.41, 5.74) is -1.23. The number of rotatable bonds is 5. The van der Waals surface area contributed by atoms with Gasteiger partial charge in [-0.3, -0.25) is 0 Å². The maximum absolute atomic E-state index is 11.3. The first-order chi connectivity index (χ1) is 6.47. The molecule has 0 aromatic heterocycles. The van der Waals surface area contributed by atoms with Crippen LogP contribution in [-0.2, 0) is 19.9 Å². The van der Waals surface area contributed by atoms with Crippen molar-refractivity contribution in [3.63, 3.8) is 0 Å². The molecule has 88 valence electrons. The Hall–Kier alpha value is -0.650. The van der Waals surface area contributed by atoms with Crippen molar-refractivity contribution in [2.75, 3.05) is 17.8 Å². The normalized spacial score (nSPS) is 13.5. The van der Waals surface area contributed by atoms with Gasteiger partial charge in [0.15, 0.2) is 0 Å². The number of sulfonamides is 1. The van der Waals surface area contributed by atoms with Gasteiger partial charge in [0.25, 0.3) is 0 Å². The average molecular weight is 254 g/mol. The van der Waals surface area contributed by atoms with E-state index in [-0.39, 0.29) is 0 Å². The molecule has 0 unspecified atom stereocenters. The van der Waals surface area contributed by atoms with E-state index in [4.69, 9.17) is 5.26 Å². The number of nitrogens with one attached hydrogen (secondary N) is 1. The Labute approximate surface area is 90.3 Å². The predicted molar refractivity (Wildman–Crippen MR) is 56.3 cm³/mol. The van der Waals surface area contributed by atoms with Crippen molar-refractivity contribution in [1.82, 2.24) is 4.72 Å². The van der Waals surface area contributed by atoms with E-state index in [1.165, 1.54) is 13.8 Å². The minimum Gasteiger partial charge on any atom is -0.229 e. The lowest BCUT2D eigenvalue weighted by Gasteiger charge is -2.16. The van der Waals surface area contributed by atoms with Gasteiger partial charge in [-0.25, -0.2) is 16.8 Å². The summed E-state index contributed by atoms with van der Waals surface area (Å²) >= 11 is 0. The van der Waals surface area contributed by atoms with Crippen molar-refractivity contribution in [2.45, 2.75) is 19.4 Å². The van der Waals surface area contributed by atoms with Crippen LogP contribution in [0.1, 0.15) is 13.8 Å². The molecule has 0 amide bonds. The van der Waals surface area contributed by atoms with Gasteiger partial charge in [0, 0.05) is 6.26 Å². The Morgan fingerprint density at radius 1 is 1.20 bits per heavy atom. The molecule has 0 spiro atoms. The Balaban J connectivity index is 4.56. The second-order valence-electron chi connectivity index (χ2n) is 3.79. The highest BCUT2D eigenvalue weighted by atomic mass is 32.2. The van der Waals surface area contributed by atoms with Crippen molar-refractivity contribution in [3.8, 4) is 6.07 Å². The van der Waals surface area contributed by atoms with E-state index in [2.05, 4.69) is 4.72 Å². The summed E-state index contributed by atoms with van der Waals surface area (Å²) in [5.74, 6) is -0.985. The molecule has 0 bridgehead atoms. The molecule has 6 nitrogen and oxygen atoms in total. The molecule has 0 aliphatic carbocycles. The molecule has 0 atom stereocenters. The van der Waals surface area contributed by atoms with E-state index in [1.807, 2.05) is 0 Å². The summed E-state index contributed by atoms with van der Waals surface area (Å²) in [7, 11) is -7.06. The van der Waals surface area contributed by atoms with Gasteiger partial charge < -0.3 is 0 Å². The fraction of sp³-hybridized carbons (Fsp3) is 0.857. The standard InChI is InChI=1S/C7H14N2O4S2/c1-7(2,6-8)9-15(12,13)5-4-14(3,10)11/h9H,4-5H2,1-3H3. The van der Waals surface area contributed by atoms with Crippen LogP contribution in [0.15, 0.2) is 0 Å². The molecule has 0 radical (unpaired) electrons. The average Bonchev–Trinajstić information content (AvgIpc) is 1.98. The van der Waals surface area contributed by atoms with E-state index in [0.29, 0.717) is 0 Å². The van der Waals surface area contributed by atoms with Gasteiger partial charge in [0.1, 0.15) is 15.4 Å². The van der Waals surface area contributed by atoms with Crippen LogP contribution in [0.4, 0.5) is 0 Å². The number of hydrogen-bond donors (Lipinski definition) is 1. The molecule has 0 fully saturated rings. The summed E-state index contributed by atoms with van der Waals surface area (Å²) in [6.07, 6.45) is 0.956. The molecular formula is C7H14N2O4S2. The van der Waals surface area contributed by atoms with E-state index in [9.17, 15) is 16.8 Å². The van der Waals surface area contributed by atoms with Gasteiger partial charge >= 0.3 is 0 Å². The van der Waals surface area contributed by atoms with E-state index in [1.54, 1.807) is 6.07 Å². The van der Waals surface area contributed by atoms with Crippen molar-refractivity contribution in [2.24, 2.45) is 0 Å². The van der Waals surface area contributed by atoms with Crippen LogP contribution in [-0.4, -0.2) is 40.1 Å². The lowest BCUT2D eigenvalue weighted by atomic mass is 10.1. The molecule has 1 N–H and O–H groups in total. The summed E-state index contributed by atoms with van der Waals surface area (Å²) in [4.78, 5) is 0. The van der Waals surface area contributed by atoms with Gasteiger partial charge in [-0.1, -0.05) is 0 Å². The fourth-order valence-corrected chi connectivity index (χ4v) is 3.74. The maximum Gasteiger partial charge on any atom is 0.213 e. The quantitative estimate of drug-likeness (QED) is 0.695. The molecule has 0 aromatic carbocycles. The Morgan fingerprint density at radius 2 is 1.67 bits per heavy atom. The number of nitrogens with zero attached hydrogens (tertiary/aromatic N) is 1. The summed E-state index contributed by atoms with van der Waals surface area (Å²) in [5, 5.41) is 8.59. The monoisotopic (exact) mass is 254 g/mol. The Kier molecular flexibility index (Phi) is 4.27. The summed E-state index contributed by atoms with van der Waals surface area (Å²) < 4.78 is 46.3. The molecule has 15 heavy (non-hydrogen) atoms. The van der Waals surface area contributed by atoms with E-state index in [0.717, 1.165) is 6.26 Å². The molecule has 0 heterocycles. The van der Waals surface area contributed by atoms with Crippen LogP contribution in [0.25, 0.3) is 0 Å². The minimum absolute atomic E-state index is 0.455. The summed E-state index contributed by atoms with van der Waals surface area (Å²) in [6, 6.07) is 1.75. The Bertz CT molecular complexity index is 456. The maximum atomic E-state index is 11.3. The van der Waals surface area contributed by atoms with Crippen molar-refractivity contribution in [1.29, 1.82) is 5.26 Å². The molecule has 0 aromatic rings. The zero-order chi connectivity index (χ0) is 12.3. The van der Waals surface area contributed by atoms with Gasteiger partial charge in [-0.05, 0) is 13.8 Å². The van der Waals surface area contributed by atoms with Crippen molar-refractivity contribution < 1.29 is 16.8 Å². The second kappa shape index (κ2) is 4.47. The largest absolute Gasteiger partial charge is 0.229 e. The van der Waals surface area contributed by atoms with Crippen LogP contribution in [0.5, 0.6) is 0 Å². The third-order valence-corrected chi connectivity index (χ3v) is 4.18. The highest BCUT2D eigenvalue weighted by molar-refractivity contribution is 7.93. The molecule has 0 aliphatic rings. The van der Waals surface area contributed by atoms with Crippen LogP contribution in [0.3, 0.4) is 0 Å². The fourth-order valence-electron chi connectivity index (χ4n) is 0.724. The van der Waals surface area contributed by atoms with Crippen molar-refractivity contribution in [3.05, 3.63) is 0 Å². The summed E-state index contributed by atoms with van der Waals surface area (Å²) in [6.45, 7) is 2.79. The van der Waals surface area contributed by atoms with Crippen LogP contribution in [0.2, 0.25) is 0 Å². The van der Waals surface area contributed by atoms with Crippen LogP contribution in [0, 0.1) is 11.3 Å². The van der Waals surface area contributed by atoms with Gasteiger partial charge in [0.2, 0.25) is 10.0 Å². The van der Waals surface area contributed by atoms with E-state index < -0.39 is 36.9 Å². The minimum atomic E-state index is -3.74. The molecule has 8 heteroatoms. The van der Waals surface area contributed by atoms with Crippen LogP contribution >= 0.6 is 0 Å². The zero-order valence-corrected chi connectivity index (χ0v) is 10.4. The third-order valence-electron chi connectivity index (χ3n) is 1.41. The molecular weight excluding hydrogens is 240 g/mol. The number of hydrogen-bond acceptors (Lipinski definition) is 5. The number of sulfone groups is 1. The smallest absolute Gasteiger partial charge is 0.213 e.